The minimum atomic E-state index is -0.617. The van der Waals surface area contributed by atoms with Crippen molar-refractivity contribution in [2.24, 2.45) is 0 Å². The number of nitrogens with one attached hydrogen (secondary N) is 1. The topological polar surface area (TPSA) is 75.7 Å². The number of carbonyl (C=O) groups is 3. The highest BCUT2D eigenvalue weighted by molar-refractivity contribution is 6.03. The third-order valence-electron chi connectivity index (χ3n) is 5.86. The van der Waals surface area contributed by atoms with Crippen molar-refractivity contribution in [3.8, 4) is 0 Å². The number of ether oxygens (including phenoxy) is 1. The Balaban J connectivity index is 2.29. The fraction of sp³-hybridized carbons (Fsp3) is 0.469. The van der Waals surface area contributed by atoms with Crippen LogP contribution in [0.3, 0.4) is 0 Å². The van der Waals surface area contributed by atoms with Crippen LogP contribution in [0.5, 0.6) is 0 Å². The second-order valence-corrected chi connectivity index (χ2v) is 8.89. The molecular weight excluding hydrogens is 476 g/mol. The predicted octanol–water partition coefficient (Wildman–Crippen LogP) is 6.30. The zero-order chi connectivity index (χ0) is 27.7. The number of imide groups is 1. The molecule has 0 saturated carbocycles. The summed E-state index contributed by atoms with van der Waals surface area (Å²) < 4.78 is 4.54. The standard InChI is InChI=1S/C32H46N2O4/c1-3-4-5-6-7-8-9-10-11-12-13-14-15-16-17-18-19-20-21-22-30(35)34(29-25-27-33-28-26-29)31(36)23-24-32(37)38-2/h4-5,7-8,10-11,13-14,16-17,19-20,23-24,29,33H,3,6,9,12,15,18,21-22,25-28H2,1-2H3/b5-4-,8-7-,11-10-,14-13-,17-16-,20-19-,24-23?. The molecule has 38 heavy (non-hydrogen) atoms. The fourth-order valence-electron chi connectivity index (χ4n) is 3.83. The molecule has 6 nitrogen and oxygen atoms in total. The summed E-state index contributed by atoms with van der Waals surface area (Å²) in [5.41, 5.74) is 0. The van der Waals surface area contributed by atoms with Crippen molar-refractivity contribution in [2.75, 3.05) is 20.2 Å². The van der Waals surface area contributed by atoms with Gasteiger partial charge in [-0.15, -0.1) is 0 Å². The van der Waals surface area contributed by atoms with Crippen molar-refractivity contribution in [2.45, 2.75) is 77.2 Å². The van der Waals surface area contributed by atoms with E-state index in [2.05, 4.69) is 77.7 Å². The zero-order valence-electron chi connectivity index (χ0n) is 23.2. The van der Waals surface area contributed by atoms with Crippen LogP contribution in [0.25, 0.3) is 0 Å². The Bertz CT molecular complexity index is 887. The maximum atomic E-state index is 12.8. The molecule has 0 aromatic heterocycles. The van der Waals surface area contributed by atoms with E-state index >= 15 is 0 Å². The molecule has 0 atom stereocenters. The SMILES string of the molecule is CC/C=C\C/C=C\C/C=C\C/C=C\C/C=C\C/C=C\CCC(=O)N(C(=O)C=CC(=O)OC)C1CCNCC1. The molecule has 1 heterocycles. The van der Waals surface area contributed by atoms with Crippen LogP contribution in [0.2, 0.25) is 0 Å². The number of amides is 2. The largest absolute Gasteiger partial charge is 0.466 e. The van der Waals surface area contributed by atoms with E-state index in [0.29, 0.717) is 19.3 Å². The van der Waals surface area contributed by atoms with E-state index in [1.165, 1.54) is 12.0 Å². The quantitative estimate of drug-likeness (QED) is 0.138. The number of hydrogen-bond acceptors (Lipinski definition) is 5. The Hall–Kier alpha value is -3.25. The van der Waals surface area contributed by atoms with E-state index in [9.17, 15) is 14.4 Å². The molecule has 1 N–H and O–H groups in total. The monoisotopic (exact) mass is 522 g/mol. The fourth-order valence-corrected chi connectivity index (χ4v) is 3.83. The van der Waals surface area contributed by atoms with E-state index in [-0.39, 0.29) is 18.4 Å². The minimum absolute atomic E-state index is 0.149. The highest BCUT2D eigenvalue weighted by Crippen LogP contribution is 2.15. The van der Waals surface area contributed by atoms with Crippen LogP contribution in [0.1, 0.15) is 71.1 Å². The summed E-state index contributed by atoms with van der Waals surface area (Å²) in [5.74, 6) is -1.29. The van der Waals surface area contributed by atoms with E-state index in [0.717, 1.165) is 63.8 Å². The molecule has 1 aliphatic heterocycles. The van der Waals surface area contributed by atoms with Crippen LogP contribution in [-0.4, -0.2) is 48.9 Å². The van der Waals surface area contributed by atoms with Gasteiger partial charge in [-0.05, 0) is 70.9 Å². The predicted molar refractivity (Wildman–Crippen MR) is 156 cm³/mol. The summed E-state index contributed by atoms with van der Waals surface area (Å²) in [7, 11) is 1.25. The second-order valence-electron chi connectivity index (χ2n) is 8.89. The van der Waals surface area contributed by atoms with Gasteiger partial charge in [0.2, 0.25) is 5.91 Å². The molecule has 1 rings (SSSR count). The Morgan fingerprint density at radius 3 is 1.68 bits per heavy atom. The third-order valence-corrected chi connectivity index (χ3v) is 5.86. The van der Waals surface area contributed by atoms with Crippen molar-refractivity contribution in [1.82, 2.24) is 10.2 Å². The zero-order valence-corrected chi connectivity index (χ0v) is 23.2. The Morgan fingerprint density at radius 2 is 1.21 bits per heavy atom. The van der Waals surface area contributed by atoms with Crippen LogP contribution < -0.4 is 5.32 Å². The smallest absolute Gasteiger partial charge is 0.330 e. The molecule has 0 bridgehead atoms. The molecule has 6 heteroatoms. The van der Waals surface area contributed by atoms with Gasteiger partial charge >= 0.3 is 5.97 Å². The molecule has 0 aromatic rings. The lowest BCUT2D eigenvalue weighted by Gasteiger charge is -2.32. The second kappa shape index (κ2) is 22.9. The molecule has 2 amide bonds. The van der Waals surface area contributed by atoms with Gasteiger partial charge in [-0.3, -0.25) is 14.5 Å². The lowest BCUT2D eigenvalue weighted by molar-refractivity contribution is -0.145. The summed E-state index contributed by atoms with van der Waals surface area (Å²) in [6, 6.07) is -0.149. The molecule has 0 unspecified atom stereocenters. The number of methoxy groups -OCH3 is 1. The van der Waals surface area contributed by atoms with Crippen molar-refractivity contribution < 1.29 is 19.1 Å². The molecule has 1 aliphatic rings. The number of allylic oxidation sites excluding steroid dienone is 12. The molecule has 0 aromatic carbocycles. The van der Waals surface area contributed by atoms with Gasteiger partial charge in [0.05, 0.1) is 7.11 Å². The highest BCUT2D eigenvalue weighted by atomic mass is 16.5. The van der Waals surface area contributed by atoms with Crippen molar-refractivity contribution in [1.29, 1.82) is 0 Å². The van der Waals surface area contributed by atoms with Crippen molar-refractivity contribution in [3.05, 3.63) is 85.1 Å². The van der Waals surface area contributed by atoms with Crippen LogP contribution >= 0.6 is 0 Å². The molecule has 0 aliphatic carbocycles. The third kappa shape index (κ3) is 16.5. The van der Waals surface area contributed by atoms with Crippen molar-refractivity contribution >= 4 is 17.8 Å². The van der Waals surface area contributed by atoms with E-state index < -0.39 is 11.9 Å². The molecular formula is C32H46N2O4. The van der Waals surface area contributed by atoms with E-state index in [1.807, 2.05) is 12.2 Å². The Morgan fingerprint density at radius 1 is 0.737 bits per heavy atom. The maximum Gasteiger partial charge on any atom is 0.330 e. The molecule has 0 spiro atoms. The molecule has 1 saturated heterocycles. The van der Waals surface area contributed by atoms with Crippen LogP contribution in [0, 0.1) is 0 Å². The first-order chi connectivity index (χ1) is 18.6. The summed E-state index contributed by atoms with van der Waals surface area (Å²) in [5, 5.41) is 3.24. The van der Waals surface area contributed by atoms with Gasteiger partial charge in [-0.2, -0.15) is 0 Å². The van der Waals surface area contributed by atoms with Gasteiger partial charge in [0.1, 0.15) is 0 Å². The van der Waals surface area contributed by atoms with Gasteiger partial charge in [0, 0.05) is 24.6 Å². The first kappa shape index (κ1) is 32.8. The summed E-state index contributed by atoms with van der Waals surface area (Å²) >= 11 is 0. The maximum absolute atomic E-state index is 12.8. The minimum Gasteiger partial charge on any atom is -0.466 e. The van der Waals surface area contributed by atoms with Crippen LogP contribution in [0.15, 0.2) is 85.1 Å². The van der Waals surface area contributed by atoms with Gasteiger partial charge in [0.15, 0.2) is 0 Å². The first-order valence-electron chi connectivity index (χ1n) is 13.8. The average Bonchev–Trinajstić information content (AvgIpc) is 2.93. The van der Waals surface area contributed by atoms with Crippen molar-refractivity contribution in [3.63, 3.8) is 0 Å². The number of hydrogen-bond donors (Lipinski definition) is 1. The number of nitrogens with zero attached hydrogens (tertiary/aromatic N) is 1. The van der Waals surface area contributed by atoms with E-state index in [4.69, 9.17) is 0 Å². The Labute approximate surface area is 229 Å². The van der Waals surface area contributed by atoms with Gasteiger partial charge in [-0.1, -0.05) is 79.8 Å². The number of rotatable bonds is 17. The normalized spacial score (nSPS) is 15.4. The summed E-state index contributed by atoms with van der Waals surface area (Å²) in [4.78, 5) is 38.2. The molecule has 208 valence electrons. The van der Waals surface area contributed by atoms with Gasteiger partial charge in [0.25, 0.3) is 5.91 Å². The summed E-state index contributed by atoms with van der Waals surface area (Å²) in [6.07, 6.45) is 35.9. The molecule has 1 fully saturated rings. The lowest BCUT2D eigenvalue weighted by Crippen LogP contribution is -2.48. The summed E-state index contributed by atoms with van der Waals surface area (Å²) in [6.45, 7) is 3.66. The number of piperidine rings is 1. The van der Waals surface area contributed by atoms with E-state index in [1.54, 1.807) is 0 Å². The number of esters is 1. The van der Waals surface area contributed by atoms with Gasteiger partial charge in [-0.25, -0.2) is 4.79 Å². The van der Waals surface area contributed by atoms with Gasteiger partial charge < -0.3 is 10.1 Å². The highest BCUT2D eigenvalue weighted by Gasteiger charge is 2.29. The first-order valence-corrected chi connectivity index (χ1v) is 13.8. The van der Waals surface area contributed by atoms with Crippen LogP contribution in [0.4, 0.5) is 0 Å². The molecule has 0 radical (unpaired) electrons. The number of carbonyl (C=O) groups excluding carboxylic acids is 3. The Kier molecular flexibility index (Phi) is 19.8. The lowest BCUT2D eigenvalue weighted by atomic mass is 10.0. The average molecular weight is 523 g/mol. The van der Waals surface area contributed by atoms with Crippen LogP contribution in [-0.2, 0) is 19.1 Å².